The van der Waals surface area contributed by atoms with Crippen LogP contribution in [0.5, 0.6) is 0 Å². The van der Waals surface area contributed by atoms with Crippen LogP contribution < -0.4 is 5.32 Å². The van der Waals surface area contributed by atoms with Crippen molar-refractivity contribution in [3.05, 3.63) is 48.0 Å². The maximum Gasteiger partial charge on any atom is 0.338 e. The number of carbonyl (C=O) groups is 1. The third-order valence-electron chi connectivity index (χ3n) is 7.06. The lowest BCUT2D eigenvalue weighted by molar-refractivity contribution is 0.00755. The van der Waals surface area contributed by atoms with Crippen molar-refractivity contribution in [2.75, 3.05) is 5.32 Å². The van der Waals surface area contributed by atoms with Gasteiger partial charge in [-0.05, 0) is 87.8 Å². The van der Waals surface area contributed by atoms with Gasteiger partial charge in [0.05, 0.1) is 23.0 Å². The predicted octanol–water partition coefficient (Wildman–Crippen LogP) is 5.03. The summed E-state index contributed by atoms with van der Waals surface area (Å²) in [6.07, 6.45) is 13.4. The van der Waals surface area contributed by atoms with Crippen LogP contribution in [0.2, 0.25) is 0 Å². The molecule has 0 unspecified atom stereocenters. The molecule has 4 saturated carbocycles. The summed E-state index contributed by atoms with van der Waals surface area (Å²) in [5.41, 5.74) is 3.06. The van der Waals surface area contributed by atoms with E-state index in [1.807, 2.05) is 32.0 Å². The van der Waals surface area contributed by atoms with E-state index >= 15 is 0 Å². The largest absolute Gasteiger partial charge is 0.459 e. The van der Waals surface area contributed by atoms with Crippen molar-refractivity contribution in [2.24, 2.45) is 28.7 Å². The molecule has 0 amide bonds. The second-order valence-corrected chi connectivity index (χ2v) is 9.72. The summed E-state index contributed by atoms with van der Waals surface area (Å²) in [6, 6.07) is 6.14. The van der Waals surface area contributed by atoms with Gasteiger partial charge in [-0.1, -0.05) is 0 Å². The van der Waals surface area contributed by atoms with Crippen LogP contribution in [0.3, 0.4) is 0 Å². The smallest absolute Gasteiger partial charge is 0.338 e. The summed E-state index contributed by atoms with van der Waals surface area (Å²) in [7, 11) is 0. The van der Waals surface area contributed by atoms with Gasteiger partial charge in [-0.25, -0.2) is 14.8 Å². The summed E-state index contributed by atoms with van der Waals surface area (Å²) in [5, 5.41) is 3.84. The average molecular weight is 419 g/mol. The zero-order valence-electron chi connectivity index (χ0n) is 18.2. The number of hydrogen-bond donors (Lipinski definition) is 1. The first-order valence-electron chi connectivity index (χ1n) is 11.5. The number of nitrogens with one attached hydrogen (secondary N) is 1. The fourth-order valence-electron chi connectivity index (χ4n) is 6.03. The van der Waals surface area contributed by atoms with Crippen LogP contribution in [-0.4, -0.2) is 34.3 Å². The second-order valence-electron chi connectivity index (χ2n) is 9.72. The van der Waals surface area contributed by atoms with E-state index in [0.29, 0.717) is 11.6 Å². The summed E-state index contributed by atoms with van der Waals surface area (Å²) >= 11 is 0. The Bertz CT molecular complexity index is 945. The molecule has 1 aromatic heterocycles. The summed E-state index contributed by atoms with van der Waals surface area (Å²) in [6.45, 7) is 3.71. The fraction of sp³-hybridized carbons (Fsp3) is 0.520. The van der Waals surface area contributed by atoms with Crippen molar-refractivity contribution in [1.82, 2.24) is 9.97 Å². The van der Waals surface area contributed by atoms with Gasteiger partial charge >= 0.3 is 5.97 Å². The van der Waals surface area contributed by atoms with Gasteiger partial charge in [0.2, 0.25) is 0 Å². The monoisotopic (exact) mass is 418 g/mol. The maximum absolute atomic E-state index is 12.5. The topological polar surface area (TPSA) is 76.5 Å². The third kappa shape index (κ3) is 4.34. The highest BCUT2D eigenvalue weighted by atomic mass is 16.5. The van der Waals surface area contributed by atoms with Gasteiger partial charge in [0.15, 0.2) is 0 Å². The van der Waals surface area contributed by atoms with Crippen molar-refractivity contribution < 1.29 is 9.53 Å². The molecular weight excluding hydrogens is 388 g/mol. The van der Waals surface area contributed by atoms with Crippen LogP contribution >= 0.6 is 0 Å². The Hall–Kier alpha value is -2.76. The third-order valence-corrected chi connectivity index (χ3v) is 7.06. The number of aromatic nitrogens is 2. The van der Waals surface area contributed by atoms with Crippen LogP contribution in [0, 0.1) is 23.7 Å². The lowest BCUT2D eigenvalue weighted by atomic mass is 9.54. The number of benzene rings is 1. The van der Waals surface area contributed by atoms with Crippen LogP contribution in [0.25, 0.3) is 0 Å². The van der Waals surface area contributed by atoms with Gasteiger partial charge in [-0.15, -0.1) is 0 Å². The summed E-state index contributed by atoms with van der Waals surface area (Å²) in [5.74, 6) is 3.05. The van der Waals surface area contributed by atoms with E-state index < -0.39 is 0 Å². The molecule has 6 nitrogen and oxygen atoms in total. The van der Waals surface area contributed by atoms with E-state index in [1.54, 1.807) is 18.6 Å². The first-order chi connectivity index (χ1) is 15.0. The number of anilines is 1. The number of esters is 1. The number of carbonyl (C=O) groups excluding carboxylic acids is 1. The van der Waals surface area contributed by atoms with Gasteiger partial charge in [0.25, 0.3) is 0 Å². The highest BCUT2D eigenvalue weighted by Crippen LogP contribution is 2.54. The average Bonchev–Trinajstić information content (AvgIpc) is 2.75. The molecule has 4 fully saturated rings. The Morgan fingerprint density at radius 1 is 1.10 bits per heavy atom. The number of hydrogen-bond acceptors (Lipinski definition) is 6. The number of rotatable bonds is 6. The molecule has 6 heteroatoms. The van der Waals surface area contributed by atoms with Gasteiger partial charge in [-0.3, -0.25) is 4.99 Å². The minimum atomic E-state index is -0.323. The van der Waals surface area contributed by atoms with E-state index in [1.165, 1.54) is 38.4 Å². The van der Waals surface area contributed by atoms with Crippen molar-refractivity contribution >= 4 is 23.6 Å². The van der Waals surface area contributed by atoms with Crippen molar-refractivity contribution in [2.45, 2.75) is 58.1 Å². The van der Waals surface area contributed by atoms with Gasteiger partial charge in [0, 0.05) is 30.2 Å². The Kier molecular flexibility index (Phi) is 5.47. The highest BCUT2D eigenvalue weighted by Gasteiger charge is 2.48. The fourth-order valence-corrected chi connectivity index (χ4v) is 6.03. The van der Waals surface area contributed by atoms with E-state index in [0.717, 1.165) is 40.6 Å². The molecule has 6 rings (SSSR count). The van der Waals surface area contributed by atoms with Crippen LogP contribution in [0.1, 0.15) is 61.9 Å². The molecule has 4 bridgehead atoms. The molecule has 162 valence electrons. The molecule has 2 aromatic rings. The quantitative estimate of drug-likeness (QED) is 0.526. The molecular formula is C25H30N4O2. The lowest BCUT2D eigenvalue weighted by Crippen LogP contribution is -2.51. The first kappa shape index (κ1) is 20.2. The molecule has 31 heavy (non-hydrogen) atoms. The van der Waals surface area contributed by atoms with Crippen molar-refractivity contribution in [3.63, 3.8) is 0 Å². The Morgan fingerprint density at radius 2 is 1.77 bits per heavy atom. The van der Waals surface area contributed by atoms with Gasteiger partial charge < -0.3 is 10.1 Å². The molecule has 0 atom stereocenters. The van der Waals surface area contributed by atoms with Gasteiger partial charge in [-0.2, -0.15) is 0 Å². The molecule has 0 spiro atoms. The Balaban J connectivity index is 1.43. The number of nitrogens with zero attached hydrogens (tertiary/aromatic N) is 3. The minimum Gasteiger partial charge on any atom is -0.459 e. The van der Waals surface area contributed by atoms with Crippen LogP contribution in [0.4, 0.5) is 11.4 Å². The van der Waals surface area contributed by atoms with E-state index in [-0.39, 0.29) is 12.1 Å². The zero-order chi connectivity index (χ0) is 21.4. The Labute approximate surface area is 183 Å². The molecule has 1 heterocycles. The molecule has 0 radical (unpaired) electrons. The van der Waals surface area contributed by atoms with Gasteiger partial charge in [0.1, 0.15) is 6.33 Å². The van der Waals surface area contributed by atoms with Crippen molar-refractivity contribution in [1.29, 1.82) is 0 Å². The standard InChI is InChI=1S/C25H30N4O2/c1-15(2)31-25(30)19-3-4-22(23(10-19)28-13-18-11-26-14-27-12-18)29-24-20-6-16-5-17(8-20)9-21(24)7-16/h3-4,10-17,20-21,24,29H,5-9H2,1-2H3. The first-order valence-corrected chi connectivity index (χ1v) is 11.5. The van der Waals surface area contributed by atoms with E-state index in [9.17, 15) is 4.79 Å². The second kappa shape index (κ2) is 8.40. The lowest BCUT2D eigenvalue weighted by Gasteiger charge is -2.54. The van der Waals surface area contributed by atoms with Crippen LogP contribution in [0.15, 0.2) is 41.9 Å². The molecule has 0 aliphatic heterocycles. The number of aliphatic imine (C=N–C) groups is 1. The van der Waals surface area contributed by atoms with E-state index in [2.05, 4.69) is 15.3 Å². The SMILES string of the molecule is CC(C)OC(=O)c1ccc(NC2C3CC4CC(C3)CC2C4)c(N=Cc2cncnc2)c1. The highest BCUT2D eigenvalue weighted by molar-refractivity contribution is 5.93. The maximum atomic E-state index is 12.5. The molecule has 1 N–H and O–H groups in total. The number of ether oxygens (including phenoxy) is 1. The summed E-state index contributed by atoms with van der Waals surface area (Å²) < 4.78 is 5.39. The minimum absolute atomic E-state index is 0.160. The molecule has 0 saturated heterocycles. The predicted molar refractivity (Wildman–Crippen MR) is 121 cm³/mol. The van der Waals surface area contributed by atoms with Crippen LogP contribution in [-0.2, 0) is 4.74 Å². The summed E-state index contributed by atoms with van der Waals surface area (Å²) in [4.78, 5) is 25.3. The Morgan fingerprint density at radius 3 is 2.42 bits per heavy atom. The normalized spacial score (nSPS) is 28.9. The van der Waals surface area contributed by atoms with E-state index in [4.69, 9.17) is 9.73 Å². The zero-order valence-corrected chi connectivity index (χ0v) is 18.2. The molecule has 4 aliphatic rings. The molecule has 4 aliphatic carbocycles. The molecule has 1 aromatic carbocycles. The van der Waals surface area contributed by atoms with Crippen molar-refractivity contribution in [3.8, 4) is 0 Å².